The molecule has 0 bridgehead atoms. The highest BCUT2D eigenvalue weighted by molar-refractivity contribution is 5.95. The van der Waals surface area contributed by atoms with Gasteiger partial charge in [-0.1, -0.05) is 59.7 Å². The fraction of sp³-hybridized carbons (Fsp3) is 0.367. The van der Waals surface area contributed by atoms with Gasteiger partial charge in [0.2, 0.25) is 0 Å². The molecule has 1 aliphatic rings. The SMILES string of the molecule is Cc1cc(C)cc(C(=O)N2CC[C@H](NCCc3ccc(C(F)(F)F)cc3)C[C@H]2Cc2ccccc2)c1. The van der Waals surface area contributed by atoms with Gasteiger partial charge in [0, 0.05) is 24.2 Å². The van der Waals surface area contributed by atoms with Crippen molar-refractivity contribution in [2.45, 2.75) is 57.8 Å². The van der Waals surface area contributed by atoms with Gasteiger partial charge in [0.15, 0.2) is 0 Å². The average molecular weight is 495 g/mol. The van der Waals surface area contributed by atoms with Crippen LogP contribution in [0.25, 0.3) is 0 Å². The van der Waals surface area contributed by atoms with Crippen molar-refractivity contribution < 1.29 is 18.0 Å². The predicted molar refractivity (Wildman–Crippen MR) is 137 cm³/mol. The molecule has 0 aromatic heterocycles. The van der Waals surface area contributed by atoms with Crippen molar-refractivity contribution in [3.05, 3.63) is 106 Å². The molecule has 1 amide bonds. The van der Waals surface area contributed by atoms with Crippen LogP contribution in [0.5, 0.6) is 0 Å². The number of carbonyl (C=O) groups excluding carboxylic acids is 1. The van der Waals surface area contributed by atoms with E-state index in [2.05, 4.69) is 23.5 Å². The topological polar surface area (TPSA) is 32.3 Å². The third-order valence-electron chi connectivity index (χ3n) is 6.89. The number of hydrogen-bond donors (Lipinski definition) is 1. The lowest BCUT2D eigenvalue weighted by molar-refractivity contribution is -0.137. The number of benzene rings is 3. The Morgan fingerprint density at radius 2 is 1.61 bits per heavy atom. The van der Waals surface area contributed by atoms with Crippen LogP contribution < -0.4 is 5.32 Å². The molecule has 1 heterocycles. The molecule has 1 aliphatic heterocycles. The van der Waals surface area contributed by atoms with E-state index in [-0.39, 0.29) is 18.0 Å². The Kier molecular flexibility index (Phi) is 8.14. The zero-order valence-corrected chi connectivity index (χ0v) is 20.8. The molecule has 6 heteroatoms. The zero-order chi connectivity index (χ0) is 25.7. The number of halogens is 3. The standard InChI is InChI=1S/C30H33F3N2O/c1-21-16-22(2)18-25(17-21)29(36)35-15-13-27(20-28(35)19-24-6-4-3-5-7-24)34-14-12-23-8-10-26(11-9-23)30(31,32)33/h3-11,16-18,27-28,34H,12-15,19-20H2,1-2H3/t27-,28+/m0/s1. The fourth-order valence-corrected chi connectivity index (χ4v) is 5.13. The Hall–Kier alpha value is -3.12. The van der Waals surface area contributed by atoms with Crippen LogP contribution in [0.15, 0.2) is 72.8 Å². The summed E-state index contributed by atoms with van der Waals surface area (Å²) >= 11 is 0. The van der Waals surface area contributed by atoms with E-state index in [4.69, 9.17) is 0 Å². The van der Waals surface area contributed by atoms with Crippen molar-refractivity contribution >= 4 is 5.91 Å². The highest BCUT2D eigenvalue weighted by Crippen LogP contribution is 2.29. The average Bonchev–Trinajstić information content (AvgIpc) is 2.84. The molecule has 0 radical (unpaired) electrons. The number of amides is 1. The highest BCUT2D eigenvalue weighted by Gasteiger charge is 2.32. The van der Waals surface area contributed by atoms with Crippen molar-refractivity contribution in [2.24, 2.45) is 0 Å². The summed E-state index contributed by atoms with van der Waals surface area (Å²) in [6, 6.07) is 21.9. The molecule has 0 unspecified atom stereocenters. The van der Waals surface area contributed by atoms with E-state index >= 15 is 0 Å². The van der Waals surface area contributed by atoms with Crippen LogP contribution in [-0.2, 0) is 19.0 Å². The monoisotopic (exact) mass is 494 g/mol. The summed E-state index contributed by atoms with van der Waals surface area (Å²) in [5.74, 6) is 0.0749. The van der Waals surface area contributed by atoms with Gasteiger partial charge in [-0.25, -0.2) is 0 Å². The van der Waals surface area contributed by atoms with Gasteiger partial charge in [-0.3, -0.25) is 4.79 Å². The molecule has 0 saturated carbocycles. The molecule has 0 aliphatic carbocycles. The first kappa shape index (κ1) is 26.0. The normalized spacial score (nSPS) is 18.3. The second kappa shape index (κ2) is 11.3. The van der Waals surface area contributed by atoms with Crippen molar-refractivity contribution in [3.8, 4) is 0 Å². The molecule has 1 N–H and O–H groups in total. The van der Waals surface area contributed by atoms with E-state index < -0.39 is 11.7 Å². The van der Waals surface area contributed by atoms with E-state index in [0.29, 0.717) is 19.5 Å². The summed E-state index contributed by atoms with van der Waals surface area (Å²) in [6.07, 6.45) is -1.20. The van der Waals surface area contributed by atoms with Crippen LogP contribution in [0.1, 0.15) is 51.0 Å². The predicted octanol–water partition coefficient (Wildman–Crippen LogP) is 6.37. The lowest BCUT2D eigenvalue weighted by atomic mass is 9.91. The number of nitrogens with zero attached hydrogens (tertiary/aromatic N) is 1. The van der Waals surface area contributed by atoms with Gasteiger partial charge in [-0.05, 0) is 81.5 Å². The minimum Gasteiger partial charge on any atom is -0.335 e. The van der Waals surface area contributed by atoms with E-state index in [1.54, 1.807) is 12.1 Å². The first-order valence-electron chi connectivity index (χ1n) is 12.5. The Labute approximate surface area is 211 Å². The summed E-state index contributed by atoms with van der Waals surface area (Å²) in [6.45, 7) is 5.37. The Bertz CT molecular complexity index is 1140. The minimum absolute atomic E-state index is 0.0676. The number of alkyl halides is 3. The maximum Gasteiger partial charge on any atom is 0.416 e. The van der Waals surface area contributed by atoms with Crippen molar-refractivity contribution in [3.63, 3.8) is 0 Å². The second-order valence-electron chi connectivity index (χ2n) is 9.84. The largest absolute Gasteiger partial charge is 0.416 e. The first-order valence-corrected chi connectivity index (χ1v) is 12.5. The van der Waals surface area contributed by atoms with E-state index in [1.807, 2.05) is 49.1 Å². The van der Waals surface area contributed by atoms with Gasteiger partial charge in [-0.2, -0.15) is 13.2 Å². The van der Waals surface area contributed by atoms with Crippen LogP contribution in [0.3, 0.4) is 0 Å². The van der Waals surface area contributed by atoms with Crippen molar-refractivity contribution in [1.82, 2.24) is 10.2 Å². The molecule has 1 saturated heterocycles. The number of hydrogen-bond acceptors (Lipinski definition) is 2. The Morgan fingerprint density at radius 3 is 2.25 bits per heavy atom. The second-order valence-corrected chi connectivity index (χ2v) is 9.84. The molecule has 3 aromatic carbocycles. The van der Waals surface area contributed by atoms with Crippen LogP contribution >= 0.6 is 0 Å². The molecule has 36 heavy (non-hydrogen) atoms. The molecule has 190 valence electrons. The lowest BCUT2D eigenvalue weighted by Gasteiger charge is -2.40. The van der Waals surface area contributed by atoms with Gasteiger partial charge < -0.3 is 10.2 Å². The number of aryl methyl sites for hydroxylation is 2. The van der Waals surface area contributed by atoms with Crippen LogP contribution in [0.4, 0.5) is 13.2 Å². The van der Waals surface area contributed by atoms with Crippen molar-refractivity contribution in [2.75, 3.05) is 13.1 Å². The van der Waals surface area contributed by atoms with Gasteiger partial charge in [0.1, 0.15) is 0 Å². The molecule has 0 spiro atoms. The number of rotatable bonds is 7. The Balaban J connectivity index is 1.41. The summed E-state index contributed by atoms with van der Waals surface area (Å²) in [5.41, 5.74) is 4.35. The molecule has 2 atom stereocenters. The van der Waals surface area contributed by atoms with Crippen LogP contribution in [-0.4, -0.2) is 36.0 Å². The number of nitrogens with one attached hydrogen (secondary N) is 1. The Morgan fingerprint density at radius 1 is 0.944 bits per heavy atom. The van der Waals surface area contributed by atoms with Gasteiger partial charge in [0.05, 0.1) is 5.56 Å². The van der Waals surface area contributed by atoms with E-state index in [1.165, 1.54) is 5.56 Å². The quantitative estimate of drug-likeness (QED) is 0.414. The third kappa shape index (κ3) is 6.76. The lowest BCUT2D eigenvalue weighted by Crippen LogP contribution is -2.52. The highest BCUT2D eigenvalue weighted by atomic mass is 19.4. The van der Waals surface area contributed by atoms with Crippen LogP contribution in [0, 0.1) is 13.8 Å². The molecule has 1 fully saturated rings. The molecule has 4 rings (SSSR count). The maximum atomic E-state index is 13.5. The molecule has 3 aromatic rings. The van der Waals surface area contributed by atoms with Gasteiger partial charge in [0.25, 0.3) is 5.91 Å². The summed E-state index contributed by atoms with van der Waals surface area (Å²) in [4.78, 5) is 15.6. The van der Waals surface area contributed by atoms with Crippen molar-refractivity contribution in [1.29, 1.82) is 0 Å². The third-order valence-corrected chi connectivity index (χ3v) is 6.89. The maximum absolute atomic E-state index is 13.5. The van der Waals surface area contributed by atoms with Gasteiger partial charge in [-0.15, -0.1) is 0 Å². The first-order chi connectivity index (χ1) is 17.2. The van der Waals surface area contributed by atoms with E-state index in [9.17, 15) is 18.0 Å². The number of likely N-dealkylation sites (tertiary alicyclic amines) is 1. The van der Waals surface area contributed by atoms with Crippen LogP contribution in [0.2, 0.25) is 0 Å². The summed E-state index contributed by atoms with van der Waals surface area (Å²) in [7, 11) is 0. The number of piperidine rings is 1. The summed E-state index contributed by atoms with van der Waals surface area (Å²) < 4.78 is 38.4. The van der Waals surface area contributed by atoms with E-state index in [0.717, 1.165) is 53.6 Å². The zero-order valence-electron chi connectivity index (χ0n) is 20.8. The molecular formula is C30H33F3N2O. The number of carbonyl (C=O) groups is 1. The molecular weight excluding hydrogens is 461 g/mol. The summed E-state index contributed by atoms with van der Waals surface area (Å²) in [5, 5.41) is 3.59. The van der Waals surface area contributed by atoms with Gasteiger partial charge >= 0.3 is 6.18 Å². The fourth-order valence-electron chi connectivity index (χ4n) is 5.13. The smallest absolute Gasteiger partial charge is 0.335 e. The molecule has 3 nitrogen and oxygen atoms in total. The minimum atomic E-state index is -4.31.